The zero-order chi connectivity index (χ0) is 8.39. The van der Waals surface area contributed by atoms with Gasteiger partial charge < -0.3 is 4.74 Å². The predicted octanol–water partition coefficient (Wildman–Crippen LogP) is 1.95. The Balaban J connectivity index is 2.44. The molecule has 0 saturated carbocycles. The Hall–Kier alpha value is -1.42. The first kappa shape index (κ1) is 7.24. The minimum absolute atomic E-state index is 0.820. The fourth-order valence-electron chi connectivity index (χ4n) is 1.44. The summed E-state index contributed by atoms with van der Waals surface area (Å²) in [6.07, 6.45) is 9.11. The standard InChI is InChI=1S/C11H9O/c1-2-9-5-6-11-10(8-9)4-3-7-12-11/h5-6,8H,3-4,7H2. The van der Waals surface area contributed by atoms with Crippen LogP contribution in [0.25, 0.3) is 0 Å². The van der Waals surface area contributed by atoms with Crippen LogP contribution in [0.4, 0.5) is 0 Å². The van der Waals surface area contributed by atoms with Gasteiger partial charge in [0.2, 0.25) is 0 Å². The molecule has 0 saturated heterocycles. The molecule has 0 unspecified atom stereocenters. The maximum absolute atomic E-state index is 6.97. The zero-order valence-electron chi connectivity index (χ0n) is 6.76. The summed E-state index contributed by atoms with van der Waals surface area (Å²) in [7, 11) is 0. The number of aryl methyl sites for hydroxylation is 1. The second-order valence-electron chi connectivity index (χ2n) is 2.90. The molecule has 1 heterocycles. The smallest absolute Gasteiger partial charge is 0.122 e. The molecule has 0 fully saturated rings. The van der Waals surface area contributed by atoms with E-state index >= 15 is 0 Å². The Kier molecular flexibility index (Phi) is 1.75. The summed E-state index contributed by atoms with van der Waals surface area (Å²) in [5.74, 6) is 3.34. The molecule has 0 N–H and O–H groups in total. The second kappa shape index (κ2) is 2.91. The SMILES string of the molecule is [C]#Cc1ccc2c(c1)CCCO2. The van der Waals surface area contributed by atoms with Crippen LogP contribution in [0.1, 0.15) is 17.5 Å². The van der Waals surface area contributed by atoms with Crippen molar-refractivity contribution in [2.45, 2.75) is 12.8 Å². The van der Waals surface area contributed by atoms with Gasteiger partial charge in [0.15, 0.2) is 0 Å². The van der Waals surface area contributed by atoms with Crippen LogP contribution in [0.5, 0.6) is 5.75 Å². The van der Waals surface area contributed by atoms with Crippen LogP contribution in [0.2, 0.25) is 0 Å². The summed E-state index contributed by atoms with van der Waals surface area (Å²) in [6.45, 7) is 0.820. The molecule has 2 rings (SSSR count). The minimum Gasteiger partial charge on any atom is -0.493 e. The summed E-state index contributed by atoms with van der Waals surface area (Å²) in [4.78, 5) is 0. The van der Waals surface area contributed by atoms with Crippen LogP contribution in [0.3, 0.4) is 0 Å². The predicted molar refractivity (Wildman–Crippen MR) is 46.5 cm³/mol. The summed E-state index contributed by atoms with van der Waals surface area (Å²) in [5.41, 5.74) is 2.04. The number of benzene rings is 1. The summed E-state index contributed by atoms with van der Waals surface area (Å²) >= 11 is 0. The van der Waals surface area contributed by atoms with Gasteiger partial charge in [-0.15, -0.1) is 0 Å². The van der Waals surface area contributed by atoms with Crippen molar-refractivity contribution < 1.29 is 4.74 Å². The molecular weight excluding hydrogens is 148 g/mol. The van der Waals surface area contributed by atoms with E-state index in [9.17, 15) is 0 Å². The molecule has 0 spiro atoms. The molecule has 0 aromatic heterocycles. The van der Waals surface area contributed by atoms with Crippen LogP contribution < -0.4 is 4.74 Å². The summed E-state index contributed by atoms with van der Waals surface area (Å²) in [6, 6.07) is 5.75. The molecule has 1 aliphatic heterocycles. The highest BCUT2D eigenvalue weighted by molar-refractivity contribution is 5.43. The number of rotatable bonds is 0. The monoisotopic (exact) mass is 157 g/mol. The van der Waals surface area contributed by atoms with Gasteiger partial charge >= 0.3 is 0 Å². The Bertz CT molecular complexity index is 333. The van der Waals surface area contributed by atoms with Crippen molar-refractivity contribution in [1.29, 1.82) is 0 Å². The van der Waals surface area contributed by atoms with Crippen LogP contribution in [-0.4, -0.2) is 6.61 Å². The molecule has 59 valence electrons. The molecule has 0 amide bonds. The third kappa shape index (κ3) is 1.16. The van der Waals surface area contributed by atoms with Crippen molar-refractivity contribution in [2.24, 2.45) is 0 Å². The van der Waals surface area contributed by atoms with E-state index < -0.39 is 0 Å². The Labute approximate surface area is 72.4 Å². The first-order valence-corrected chi connectivity index (χ1v) is 4.08. The first-order chi connectivity index (χ1) is 5.90. The molecule has 1 aromatic carbocycles. The van der Waals surface area contributed by atoms with Crippen molar-refractivity contribution in [3.05, 3.63) is 35.7 Å². The van der Waals surface area contributed by atoms with Gasteiger partial charge in [-0.25, -0.2) is 0 Å². The average molecular weight is 157 g/mol. The summed E-state index contributed by atoms with van der Waals surface area (Å²) in [5, 5.41) is 0. The lowest BCUT2D eigenvalue weighted by molar-refractivity contribution is 0.288. The van der Waals surface area contributed by atoms with Gasteiger partial charge in [0.1, 0.15) is 5.75 Å². The van der Waals surface area contributed by atoms with Gasteiger partial charge in [-0.1, -0.05) is 5.92 Å². The van der Waals surface area contributed by atoms with Crippen molar-refractivity contribution in [1.82, 2.24) is 0 Å². The lowest BCUT2D eigenvalue weighted by atomic mass is 10.0. The zero-order valence-corrected chi connectivity index (χ0v) is 6.76. The van der Waals surface area contributed by atoms with Crippen LogP contribution in [-0.2, 0) is 6.42 Å². The van der Waals surface area contributed by atoms with E-state index in [0.717, 1.165) is 30.8 Å². The third-order valence-electron chi connectivity index (χ3n) is 2.05. The Morgan fingerprint density at radius 2 is 2.33 bits per heavy atom. The largest absolute Gasteiger partial charge is 0.493 e. The molecule has 0 bridgehead atoms. The normalized spacial score (nSPS) is 14.2. The summed E-state index contributed by atoms with van der Waals surface area (Å²) < 4.78 is 5.43. The van der Waals surface area contributed by atoms with Crippen molar-refractivity contribution in [2.75, 3.05) is 6.61 Å². The van der Waals surface area contributed by atoms with Crippen LogP contribution in [0, 0.1) is 12.3 Å². The Morgan fingerprint density at radius 3 is 3.17 bits per heavy atom. The molecule has 1 radical (unpaired) electrons. The van der Waals surface area contributed by atoms with Gasteiger partial charge in [0, 0.05) is 5.56 Å². The lowest BCUT2D eigenvalue weighted by Crippen LogP contribution is -2.08. The van der Waals surface area contributed by atoms with Gasteiger partial charge in [-0.3, -0.25) is 0 Å². The molecule has 1 nitrogen and oxygen atoms in total. The first-order valence-electron chi connectivity index (χ1n) is 4.08. The Morgan fingerprint density at radius 1 is 1.42 bits per heavy atom. The molecule has 1 aliphatic rings. The maximum Gasteiger partial charge on any atom is 0.122 e. The fourth-order valence-corrected chi connectivity index (χ4v) is 1.44. The number of ether oxygens (including phenoxy) is 1. The molecule has 1 aromatic rings. The molecule has 12 heavy (non-hydrogen) atoms. The molecule has 1 heteroatoms. The topological polar surface area (TPSA) is 9.23 Å². The van der Waals surface area contributed by atoms with Gasteiger partial charge in [-0.2, -0.15) is 0 Å². The number of hydrogen-bond acceptors (Lipinski definition) is 1. The van der Waals surface area contributed by atoms with E-state index in [-0.39, 0.29) is 0 Å². The van der Waals surface area contributed by atoms with Crippen LogP contribution >= 0.6 is 0 Å². The fraction of sp³-hybridized carbons (Fsp3) is 0.273. The quantitative estimate of drug-likeness (QED) is 0.523. The van der Waals surface area contributed by atoms with E-state index in [4.69, 9.17) is 11.2 Å². The van der Waals surface area contributed by atoms with E-state index in [1.807, 2.05) is 18.2 Å². The van der Waals surface area contributed by atoms with E-state index in [1.54, 1.807) is 0 Å². The van der Waals surface area contributed by atoms with Gasteiger partial charge in [0.25, 0.3) is 0 Å². The highest BCUT2D eigenvalue weighted by Gasteiger charge is 2.09. The van der Waals surface area contributed by atoms with E-state index in [1.165, 1.54) is 5.56 Å². The van der Waals surface area contributed by atoms with E-state index in [2.05, 4.69) is 5.92 Å². The number of fused-ring (bicyclic) bond motifs is 1. The number of hydrogen-bond donors (Lipinski definition) is 0. The van der Waals surface area contributed by atoms with Gasteiger partial charge in [0.05, 0.1) is 6.61 Å². The van der Waals surface area contributed by atoms with Crippen LogP contribution in [0.15, 0.2) is 18.2 Å². The molecule has 0 aliphatic carbocycles. The average Bonchev–Trinajstić information content (AvgIpc) is 2.17. The lowest BCUT2D eigenvalue weighted by Gasteiger charge is -2.16. The van der Waals surface area contributed by atoms with Gasteiger partial charge in [-0.05, 0) is 43.0 Å². The maximum atomic E-state index is 6.97. The highest BCUT2D eigenvalue weighted by atomic mass is 16.5. The minimum atomic E-state index is 0.820. The van der Waals surface area contributed by atoms with Crippen molar-refractivity contribution >= 4 is 0 Å². The molecular formula is C11H9O. The third-order valence-corrected chi connectivity index (χ3v) is 2.05. The van der Waals surface area contributed by atoms with E-state index in [0.29, 0.717) is 0 Å². The van der Waals surface area contributed by atoms with Crippen molar-refractivity contribution in [3.8, 4) is 11.7 Å². The second-order valence-corrected chi connectivity index (χ2v) is 2.90. The highest BCUT2D eigenvalue weighted by Crippen LogP contribution is 2.24. The van der Waals surface area contributed by atoms with Crippen molar-refractivity contribution in [3.63, 3.8) is 0 Å². The molecule has 0 atom stereocenters.